The zero-order chi connectivity index (χ0) is 13.9. The second kappa shape index (κ2) is 5.21. The summed E-state index contributed by atoms with van der Waals surface area (Å²) < 4.78 is 1.48. The third-order valence-corrected chi connectivity index (χ3v) is 2.65. The molecule has 2 aromatic heterocycles. The molecule has 0 aliphatic rings. The van der Waals surface area contributed by atoms with Crippen LogP contribution < -0.4 is 5.32 Å². The molecule has 19 heavy (non-hydrogen) atoms. The molecule has 102 valence electrons. The molecule has 0 aliphatic heterocycles. The van der Waals surface area contributed by atoms with Gasteiger partial charge in [-0.15, -0.1) is 5.10 Å². The van der Waals surface area contributed by atoms with Gasteiger partial charge in [0.25, 0.3) is 0 Å². The Kier molecular flexibility index (Phi) is 3.64. The number of hydrogen-bond donors (Lipinski definition) is 2. The van der Waals surface area contributed by atoms with E-state index in [9.17, 15) is 4.79 Å². The number of rotatable bonds is 4. The maximum atomic E-state index is 11.7. The van der Waals surface area contributed by atoms with Crippen molar-refractivity contribution >= 4 is 5.91 Å². The first-order valence-electron chi connectivity index (χ1n) is 6.11. The van der Waals surface area contributed by atoms with Crippen LogP contribution in [0.4, 0.5) is 0 Å². The van der Waals surface area contributed by atoms with Gasteiger partial charge in [0.15, 0.2) is 0 Å². The second-order valence-electron chi connectivity index (χ2n) is 5.41. The second-order valence-corrected chi connectivity index (χ2v) is 5.41. The molecule has 0 spiro atoms. The highest BCUT2D eigenvalue weighted by Crippen LogP contribution is 2.19. The van der Waals surface area contributed by atoms with Crippen LogP contribution in [0, 0.1) is 0 Å². The fourth-order valence-corrected chi connectivity index (χ4v) is 1.55. The lowest BCUT2D eigenvalue weighted by molar-refractivity contribution is -0.122. The van der Waals surface area contributed by atoms with Crippen molar-refractivity contribution in [2.45, 2.75) is 39.3 Å². The molecule has 0 radical (unpaired) electrons. The molecule has 2 aromatic rings. The zero-order valence-electron chi connectivity index (χ0n) is 11.3. The Bertz CT molecular complexity index is 537. The molecule has 0 aromatic carbocycles. The Hall–Kier alpha value is -2.18. The summed E-state index contributed by atoms with van der Waals surface area (Å²) in [6, 6.07) is 1.97. The van der Waals surface area contributed by atoms with Gasteiger partial charge in [0.05, 0.1) is 24.1 Å². The Morgan fingerprint density at radius 2 is 2.26 bits per heavy atom. The molecule has 2 heterocycles. The van der Waals surface area contributed by atoms with Gasteiger partial charge in [0, 0.05) is 11.6 Å². The van der Waals surface area contributed by atoms with Crippen LogP contribution in [-0.4, -0.2) is 31.1 Å². The number of nitrogens with zero attached hydrogens (tertiary/aromatic N) is 4. The quantitative estimate of drug-likeness (QED) is 0.845. The molecule has 2 rings (SSSR count). The van der Waals surface area contributed by atoms with Crippen LogP contribution in [0.25, 0.3) is 0 Å². The lowest BCUT2D eigenvalue weighted by Gasteiger charge is -2.13. The molecule has 0 atom stereocenters. The van der Waals surface area contributed by atoms with E-state index >= 15 is 0 Å². The topological polar surface area (TPSA) is 88.5 Å². The van der Waals surface area contributed by atoms with Crippen molar-refractivity contribution in [3.8, 4) is 0 Å². The van der Waals surface area contributed by atoms with Crippen LogP contribution in [0.2, 0.25) is 0 Å². The van der Waals surface area contributed by atoms with Crippen molar-refractivity contribution < 1.29 is 4.79 Å². The molecule has 0 saturated carbocycles. The average Bonchev–Trinajstić information content (AvgIpc) is 2.95. The maximum Gasteiger partial charge on any atom is 0.242 e. The highest BCUT2D eigenvalue weighted by molar-refractivity contribution is 5.75. The largest absolute Gasteiger partial charge is 0.349 e. The minimum atomic E-state index is -0.114. The van der Waals surface area contributed by atoms with Gasteiger partial charge < -0.3 is 5.32 Å². The number of carbonyl (C=O) groups is 1. The third kappa shape index (κ3) is 3.64. The van der Waals surface area contributed by atoms with Gasteiger partial charge in [-0.25, -0.2) is 4.68 Å². The molecular formula is C12H18N6O. The van der Waals surface area contributed by atoms with E-state index in [0.29, 0.717) is 6.54 Å². The van der Waals surface area contributed by atoms with E-state index in [-0.39, 0.29) is 17.9 Å². The highest BCUT2D eigenvalue weighted by atomic mass is 16.2. The van der Waals surface area contributed by atoms with Crippen molar-refractivity contribution in [1.29, 1.82) is 0 Å². The lowest BCUT2D eigenvalue weighted by Crippen LogP contribution is -2.27. The van der Waals surface area contributed by atoms with Crippen LogP contribution >= 0.6 is 0 Å². The van der Waals surface area contributed by atoms with E-state index in [4.69, 9.17) is 0 Å². The summed E-state index contributed by atoms with van der Waals surface area (Å²) in [4.78, 5) is 11.7. The molecule has 2 N–H and O–H groups in total. The molecule has 0 unspecified atom stereocenters. The number of nitrogens with one attached hydrogen (secondary N) is 2. The first-order valence-corrected chi connectivity index (χ1v) is 6.11. The highest BCUT2D eigenvalue weighted by Gasteiger charge is 2.17. The summed E-state index contributed by atoms with van der Waals surface area (Å²) >= 11 is 0. The van der Waals surface area contributed by atoms with E-state index in [0.717, 1.165) is 11.4 Å². The van der Waals surface area contributed by atoms with Crippen LogP contribution in [-0.2, 0) is 23.3 Å². The predicted octanol–water partition coefficient (Wildman–Crippen LogP) is 0.615. The molecule has 0 fully saturated rings. The average molecular weight is 262 g/mol. The number of H-pyrrole nitrogens is 1. The minimum absolute atomic E-state index is 0.000507. The van der Waals surface area contributed by atoms with Crippen LogP contribution in [0.15, 0.2) is 18.5 Å². The monoisotopic (exact) mass is 262 g/mol. The van der Waals surface area contributed by atoms with E-state index in [1.165, 1.54) is 10.9 Å². The van der Waals surface area contributed by atoms with Crippen molar-refractivity contribution in [2.24, 2.45) is 0 Å². The van der Waals surface area contributed by atoms with Crippen molar-refractivity contribution in [1.82, 2.24) is 30.5 Å². The Morgan fingerprint density at radius 3 is 2.84 bits per heavy atom. The molecule has 0 aliphatic carbocycles. The Labute approximate surface area is 111 Å². The van der Waals surface area contributed by atoms with Gasteiger partial charge in [0.2, 0.25) is 5.91 Å². The standard InChI is InChI=1S/C12H18N6O/c1-12(2,3)10-6-9(15-16-10)7-13-11(19)8-18-5-4-14-17-18/h4-6H,7-8H2,1-3H3,(H,13,19)(H,15,16). The zero-order valence-corrected chi connectivity index (χ0v) is 11.3. The summed E-state index contributed by atoms with van der Waals surface area (Å²) in [7, 11) is 0. The van der Waals surface area contributed by atoms with Crippen molar-refractivity contribution in [2.75, 3.05) is 0 Å². The summed E-state index contributed by atoms with van der Waals surface area (Å²) in [6.07, 6.45) is 3.19. The van der Waals surface area contributed by atoms with Gasteiger partial charge in [-0.1, -0.05) is 26.0 Å². The number of hydrogen-bond acceptors (Lipinski definition) is 4. The smallest absolute Gasteiger partial charge is 0.242 e. The molecule has 7 nitrogen and oxygen atoms in total. The number of aromatic nitrogens is 5. The fourth-order valence-electron chi connectivity index (χ4n) is 1.55. The third-order valence-electron chi connectivity index (χ3n) is 2.65. The normalized spacial score (nSPS) is 11.5. The van der Waals surface area contributed by atoms with Crippen molar-refractivity contribution in [3.05, 3.63) is 29.8 Å². The first-order chi connectivity index (χ1) is 8.95. The van der Waals surface area contributed by atoms with Crippen LogP contribution in [0.3, 0.4) is 0 Å². The summed E-state index contributed by atoms with van der Waals surface area (Å²) in [5, 5.41) is 17.3. The van der Waals surface area contributed by atoms with E-state index in [1.54, 1.807) is 6.20 Å². The van der Waals surface area contributed by atoms with Crippen LogP contribution in [0.5, 0.6) is 0 Å². The SMILES string of the molecule is CC(C)(C)c1cc(CNC(=O)Cn2ccnn2)[nH]n1. The first kappa shape index (κ1) is 13.3. The summed E-state index contributed by atoms with van der Waals surface area (Å²) in [5.74, 6) is -0.114. The molecular weight excluding hydrogens is 244 g/mol. The molecule has 0 bridgehead atoms. The molecule has 7 heteroatoms. The van der Waals surface area contributed by atoms with Gasteiger partial charge in [0.1, 0.15) is 6.54 Å². The van der Waals surface area contributed by atoms with Gasteiger partial charge >= 0.3 is 0 Å². The number of aromatic amines is 1. The van der Waals surface area contributed by atoms with Gasteiger partial charge in [-0.2, -0.15) is 5.10 Å². The minimum Gasteiger partial charge on any atom is -0.349 e. The molecule has 1 amide bonds. The molecule has 0 saturated heterocycles. The lowest BCUT2D eigenvalue weighted by atomic mass is 9.92. The number of amides is 1. The van der Waals surface area contributed by atoms with E-state index < -0.39 is 0 Å². The van der Waals surface area contributed by atoms with E-state index in [1.807, 2.05) is 6.07 Å². The summed E-state index contributed by atoms with van der Waals surface area (Å²) in [6.45, 7) is 6.87. The Balaban J connectivity index is 1.85. The fraction of sp³-hybridized carbons (Fsp3) is 0.500. The van der Waals surface area contributed by atoms with Crippen LogP contribution in [0.1, 0.15) is 32.2 Å². The van der Waals surface area contributed by atoms with Gasteiger partial charge in [-0.3, -0.25) is 9.89 Å². The van der Waals surface area contributed by atoms with Gasteiger partial charge in [-0.05, 0) is 6.07 Å². The predicted molar refractivity (Wildman–Crippen MR) is 69.2 cm³/mol. The number of carbonyl (C=O) groups excluding carboxylic acids is 1. The van der Waals surface area contributed by atoms with Crippen molar-refractivity contribution in [3.63, 3.8) is 0 Å². The summed E-state index contributed by atoms with van der Waals surface area (Å²) in [5.41, 5.74) is 1.87. The Morgan fingerprint density at radius 1 is 1.47 bits per heavy atom. The maximum absolute atomic E-state index is 11.7. The van der Waals surface area contributed by atoms with E-state index in [2.05, 4.69) is 46.6 Å².